The van der Waals surface area contributed by atoms with Gasteiger partial charge in [-0.3, -0.25) is 9.59 Å². The highest BCUT2D eigenvalue weighted by molar-refractivity contribution is 5.95. The van der Waals surface area contributed by atoms with Gasteiger partial charge in [0.15, 0.2) is 0 Å². The number of carbonyl (C=O) groups excluding carboxylic acids is 2. The van der Waals surface area contributed by atoms with Crippen molar-refractivity contribution in [1.82, 2.24) is 10.2 Å². The van der Waals surface area contributed by atoms with Gasteiger partial charge in [-0.25, -0.2) is 0 Å². The molecule has 1 N–H and O–H groups in total. The van der Waals surface area contributed by atoms with Crippen molar-refractivity contribution in [2.24, 2.45) is 0 Å². The molecule has 22 heavy (non-hydrogen) atoms. The molecule has 0 aromatic heterocycles. The fourth-order valence-corrected chi connectivity index (χ4v) is 2.87. The zero-order valence-electron chi connectivity index (χ0n) is 13.3. The summed E-state index contributed by atoms with van der Waals surface area (Å²) in [5, 5.41) is 2.59. The number of nitrogens with one attached hydrogen (secondary N) is 1. The van der Waals surface area contributed by atoms with Crippen LogP contribution in [0.4, 0.5) is 0 Å². The summed E-state index contributed by atoms with van der Waals surface area (Å²) in [5.41, 5.74) is 1.54. The quantitative estimate of drug-likeness (QED) is 0.869. The molecule has 1 fully saturated rings. The summed E-state index contributed by atoms with van der Waals surface area (Å²) >= 11 is 0. The molecule has 1 atom stereocenters. The third kappa shape index (κ3) is 3.97. The van der Waals surface area contributed by atoms with Gasteiger partial charge < -0.3 is 10.2 Å². The van der Waals surface area contributed by atoms with Gasteiger partial charge in [0, 0.05) is 31.3 Å². The number of amides is 2. The summed E-state index contributed by atoms with van der Waals surface area (Å²) in [6, 6.07) is 7.60. The fraction of sp³-hybridized carbons (Fsp3) is 0.444. The lowest BCUT2D eigenvalue weighted by atomic mass is 10.00. The zero-order valence-corrected chi connectivity index (χ0v) is 13.3. The van der Waals surface area contributed by atoms with E-state index in [1.165, 1.54) is 6.42 Å². The van der Waals surface area contributed by atoms with Crippen molar-refractivity contribution in [2.75, 3.05) is 13.6 Å². The third-order valence-corrected chi connectivity index (χ3v) is 4.20. The van der Waals surface area contributed by atoms with Crippen molar-refractivity contribution in [1.29, 1.82) is 0 Å². The SMILES string of the molecule is CCC1CCCCN1C(=O)/C=C/c1ccc(C(=O)NC)cc1. The lowest BCUT2D eigenvalue weighted by molar-refractivity contribution is -0.129. The minimum absolute atomic E-state index is 0.0851. The number of piperidine rings is 1. The molecule has 0 bridgehead atoms. The third-order valence-electron chi connectivity index (χ3n) is 4.20. The van der Waals surface area contributed by atoms with E-state index in [1.807, 2.05) is 23.1 Å². The number of hydrogen-bond acceptors (Lipinski definition) is 2. The number of carbonyl (C=O) groups is 2. The fourth-order valence-electron chi connectivity index (χ4n) is 2.87. The molecule has 4 nitrogen and oxygen atoms in total. The molecular weight excluding hydrogens is 276 g/mol. The van der Waals surface area contributed by atoms with Gasteiger partial charge in [0.1, 0.15) is 0 Å². The molecule has 1 aliphatic rings. The predicted molar refractivity (Wildman–Crippen MR) is 88.5 cm³/mol. The minimum atomic E-state index is -0.106. The standard InChI is InChI=1S/C18H24N2O2/c1-3-16-6-4-5-13-20(16)17(21)12-9-14-7-10-15(11-8-14)18(22)19-2/h7-12,16H,3-6,13H2,1-2H3,(H,19,22)/b12-9+. The Morgan fingerprint density at radius 1 is 1.27 bits per heavy atom. The lowest BCUT2D eigenvalue weighted by Gasteiger charge is -2.34. The van der Waals surface area contributed by atoms with Crippen LogP contribution in [-0.2, 0) is 4.79 Å². The Kier molecular flexibility index (Phi) is 5.75. The number of rotatable bonds is 4. The van der Waals surface area contributed by atoms with Gasteiger partial charge in [-0.1, -0.05) is 19.1 Å². The second kappa shape index (κ2) is 7.78. The Balaban J connectivity index is 2.01. The van der Waals surface area contributed by atoms with Crippen LogP contribution >= 0.6 is 0 Å². The van der Waals surface area contributed by atoms with Gasteiger partial charge in [0.05, 0.1) is 0 Å². The summed E-state index contributed by atoms with van der Waals surface area (Å²) in [4.78, 5) is 25.8. The average Bonchev–Trinajstić information content (AvgIpc) is 2.59. The Morgan fingerprint density at radius 2 is 2.00 bits per heavy atom. The molecule has 2 amide bonds. The highest BCUT2D eigenvalue weighted by Gasteiger charge is 2.23. The number of benzene rings is 1. The van der Waals surface area contributed by atoms with Crippen LogP contribution < -0.4 is 5.32 Å². The molecular formula is C18H24N2O2. The molecule has 0 aliphatic carbocycles. The van der Waals surface area contributed by atoms with Gasteiger partial charge in [-0.05, 0) is 49.5 Å². The Morgan fingerprint density at radius 3 is 2.64 bits per heavy atom. The summed E-state index contributed by atoms with van der Waals surface area (Å²) in [7, 11) is 1.61. The van der Waals surface area contributed by atoms with E-state index in [0.717, 1.165) is 31.4 Å². The number of hydrogen-bond donors (Lipinski definition) is 1. The van der Waals surface area contributed by atoms with Gasteiger partial charge in [0.2, 0.25) is 5.91 Å². The van der Waals surface area contributed by atoms with Crippen molar-refractivity contribution in [3.05, 3.63) is 41.5 Å². The van der Waals surface area contributed by atoms with Crippen LogP contribution in [0, 0.1) is 0 Å². The van der Waals surface area contributed by atoms with Crippen molar-refractivity contribution in [3.63, 3.8) is 0 Å². The summed E-state index contributed by atoms with van der Waals surface area (Å²) in [6.45, 7) is 2.99. The van der Waals surface area contributed by atoms with Gasteiger partial charge in [-0.15, -0.1) is 0 Å². The molecule has 118 valence electrons. The maximum atomic E-state index is 12.3. The van der Waals surface area contributed by atoms with E-state index in [1.54, 1.807) is 25.3 Å². The van der Waals surface area contributed by atoms with Crippen LogP contribution in [0.25, 0.3) is 6.08 Å². The van der Waals surface area contributed by atoms with E-state index in [0.29, 0.717) is 11.6 Å². The van der Waals surface area contributed by atoms with Crippen LogP contribution in [0.3, 0.4) is 0 Å². The summed E-state index contributed by atoms with van der Waals surface area (Å²) in [5.74, 6) is -0.0207. The maximum absolute atomic E-state index is 12.3. The predicted octanol–water partition coefficient (Wildman–Crippen LogP) is 2.85. The smallest absolute Gasteiger partial charge is 0.251 e. The molecule has 1 aromatic carbocycles. The number of nitrogens with zero attached hydrogens (tertiary/aromatic N) is 1. The molecule has 0 radical (unpaired) electrons. The first-order valence-corrected chi connectivity index (χ1v) is 7.96. The van der Waals surface area contributed by atoms with Crippen LogP contribution in [0.5, 0.6) is 0 Å². The molecule has 1 heterocycles. The van der Waals surface area contributed by atoms with Crippen molar-refractivity contribution >= 4 is 17.9 Å². The first-order chi connectivity index (χ1) is 10.7. The van der Waals surface area contributed by atoms with E-state index in [9.17, 15) is 9.59 Å². The van der Waals surface area contributed by atoms with Gasteiger partial charge >= 0.3 is 0 Å². The summed E-state index contributed by atoms with van der Waals surface area (Å²) < 4.78 is 0. The van der Waals surface area contributed by atoms with Crippen LogP contribution in [0.2, 0.25) is 0 Å². The largest absolute Gasteiger partial charge is 0.355 e. The minimum Gasteiger partial charge on any atom is -0.355 e. The van der Waals surface area contributed by atoms with Crippen molar-refractivity contribution in [3.8, 4) is 0 Å². The van der Waals surface area contributed by atoms with E-state index < -0.39 is 0 Å². The molecule has 4 heteroatoms. The second-order valence-electron chi connectivity index (χ2n) is 5.62. The van der Waals surface area contributed by atoms with E-state index in [4.69, 9.17) is 0 Å². The maximum Gasteiger partial charge on any atom is 0.251 e. The number of likely N-dealkylation sites (tertiary alicyclic amines) is 1. The van der Waals surface area contributed by atoms with Crippen LogP contribution in [0.1, 0.15) is 48.5 Å². The highest BCUT2D eigenvalue weighted by atomic mass is 16.2. The zero-order chi connectivity index (χ0) is 15.9. The molecule has 1 aliphatic heterocycles. The molecule has 2 rings (SSSR count). The average molecular weight is 300 g/mol. The topological polar surface area (TPSA) is 49.4 Å². The Labute approximate surface area is 132 Å². The Bertz CT molecular complexity index is 549. The van der Waals surface area contributed by atoms with Gasteiger partial charge in [-0.2, -0.15) is 0 Å². The molecule has 0 saturated carbocycles. The molecule has 0 spiro atoms. The van der Waals surface area contributed by atoms with Crippen molar-refractivity contribution < 1.29 is 9.59 Å². The first kappa shape index (κ1) is 16.3. The van der Waals surface area contributed by atoms with Crippen molar-refractivity contribution in [2.45, 2.75) is 38.6 Å². The lowest BCUT2D eigenvalue weighted by Crippen LogP contribution is -2.42. The van der Waals surface area contributed by atoms with Gasteiger partial charge in [0.25, 0.3) is 5.91 Å². The summed E-state index contributed by atoms with van der Waals surface area (Å²) in [6.07, 6.45) is 7.89. The molecule has 1 aromatic rings. The van der Waals surface area contributed by atoms with E-state index in [-0.39, 0.29) is 11.8 Å². The molecule has 1 saturated heterocycles. The Hall–Kier alpha value is -2.10. The van der Waals surface area contributed by atoms with E-state index in [2.05, 4.69) is 12.2 Å². The normalized spacial score (nSPS) is 18.5. The van der Waals surface area contributed by atoms with Crippen LogP contribution in [-0.4, -0.2) is 36.3 Å². The monoisotopic (exact) mass is 300 g/mol. The van der Waals surface area contributed by atoms with E-state index >= 15 is 0 Å². The molecule has 1 unspecified atom stereocenters. The highest BCUT2D eigenvalue weighted by Crippen LogP contribution is 2.20. The van der Waals surface area contributed by atoms with Crippen LogP contribution in [0.15, 0.2) is 30.3 Å². The second-order valence-corrected chi connectivity index (χ2v) is 5.62. The first-order valence-electron chi connectivity index (χ1n) is 7.96.